The van der Waals surface area contributed by atoms with E-state index in [1.165, 1.54) is 12.1 Å². The maximum atomic E-state index is 13.5. The van der Waals surface area contributed by atoms with Crippen LogP contribution in [0.1, 0.15) is 24.8 Å². The van der Waals surface area contributed by atoms with E-state index in [4.69, 9.17) is 4.74 Å². The van der Waals surface area contributed by atoms with Crippen LogP contribution in [0.5, 0.6) is 5.75 Å². The van der Waals surface area contributed by atoms with Gasteiger partial charge >= 0.3 is 0 Å². The summed E-state index contributed by atoms with van der Waals surface area (Å²) < 4.78 is 19.0. The van der Waals surface area contributed by atoms with Crippen LogP contribution < -0.4 is 4.74 Å². The predicted molar refractivity (Wildman–Crippen MR) is 56.5 cm³/mol. The summed E-state index contributed by atoms with van der Waals surface area (Å²) in [6.07, 6.45) is 4.73. The number of rotatable bonds is 4. The van der Waals surface area contributed by atoms with E-state index in [0.29, 0.717) is 5.56 Å². The Morgan fingerprint density at radius 2 is 2.31 bits per heavy atom. The Morgan fingerprint density at radius 1 is 1.50 bits per heavy atom. The summed E-state index contributed by atoms with van der Waals surface area (Å²) in [7, 11) is 0. The average molecular weight is 221 g/mol. The van der Waals surface area contributed by atoms with Crippen LogP contribution in [0.25, 0.3) is 0 Å². The second-order valence-corrected chi connectivity index (χ2v) is 3.84. The van der Waals surface area contributed by atoms with E-state index >= 15 is 0 Å². The van der Waals surface area contributed by atoms with Crippen LogP contribution in [-0.4, -0.2) is 12.2 Å². The van der Waals surface area contributed by atoms with Gasteiger partial charge in [0.1, 0.15) is 0 Å². The lowest BCUT2D eigenvalue weighted by Gasteiger charge is -2.26. The normalized spacial score (nSPS) is 15.1. The fourth-order valence-corrected chi connectivity index (χ4v) is 1.53. The summed E-state index contributed by atoms with van der Waals surface area (Å²) in [5.41, 5.74) is 0.641. The molecule has 1 aromatic rings. The van der Waals surface area contributed by atoms with E-state index in [1.54, 1.807) is 12.1 Å². The highest BCUT2D eigenvalue weighted by Crippen LogP contribution is 2.27. The molecule has 2 rings (SSSR count). The fraction of sp³-hybridized carbons (Fsp3) is 0.417. The van der Waals surface area contributed by atoms with Crippen molar-refractivity contribution < 1.29 is 13.9 Å². The lowest BCUT2D eigenvalue weighted by atomic mass is 9.96. The SMILES string of the molecule is O=C=NCc1ccc(OC2CCC2)c(F)c1. The highest BCUT2D eigenvalue weighted by Gasteiger charge is 2.20. The molecule has 0 unspecified atom stereocenters. The molecule has 0 saturated heterocycles. The van der Waals surface area contributed by atoms with Crippen molar-refractivity contribution in [3.05, 3.63) is 29.6 Å². The number of aliphatic imine (C=N–C) groups is 1. The monoisotopic (exact) mass is 221 g/mol. The van der Waals surface area contributed by atoms with Gasteiger partial charge in [0.05, 0.1) is 12.6 Å². The van der Waals surface area contributed by atoms with Crippen molar-refractivity contribution >= 4 is 6.08 Å². The molecule has 16 heavy (non-hydrogen) atoms. The zero-order valence-electron chi connectivity index (χ0n) is 8.78. The van der Waals surface area contributed by atoms with Crippen LogP contribution >= 0.6 is 0 Å². The van der Waals surface area contributed by atoms with Gasteiger partial charge in [0, 0.05) is 0 Å². The Morgan fingerprint density at radius 3 is 2.88 bits per heavy atom. The van der Waals surface area contributed by atoms with Gasteiger partial charge in [-0.1, -0.05) is 6.07 Å². The van der Waals surface area contributed by atoms with E-state index in [2.05, 4.69) is 4.99 Å². The molecule has 0 radical (unpaired) electrons. The number of carbonyl (C=O) groups excluding carboxylic acids is 1. The van der Waals surface area contributed by atoms with Crippen LogP contribution in [0, 0.1) is 5.82 Å². The maximum Gasteiger partial charge on any atom is 0.235 e. The minimum Gasteiger partial charge on any atom is -0.487 e. The summed E-state index contributed by atoms with van der Waals surface area (Å²) >= 11 is 0. The molecule has 1 fully saturated rings. The molecule has 0 heterocycles. The van der Waals surface area contributed by atoms with Gasteiger partial charge < -0.3 is 4.74 Å². The van der Waals surface area contributed by atoms with Crippen LogP contribution in [0.3, 0.4) is 0 Å². The number of halogens is 1. The molecule has 84 valence electrons. The molecule has 0 amide bonds. The molecule has 0 aromatic heterocycles. The van der Waals surface area contributed by atoms with E-state index in [1.807, 2.05) is 0 Å². The third-order valence-corrected chi connectivity index (χ3v) is 2.67. The molecule has 1 saturated carbocycles. The minimum atomic E-state index is -0.398. The van der Waals surface area contributed by atoms with Crippen molar-refractivity contribution in [3.8, 4) is 5.75 Å². The zero-order valence-corrected chi connectivity index (χ0v) is 8.78. The van der Waals surface area contributed by atoms with E-state index in [9.17, 15) is 9.18 Å². The van der Waals surface area contributed by atoms with Gasteiger partial charge in [0.15, 0.2) is 11.6 Å². The molecule has 4 heteroatoms. The quantitative estimate of drug-likeness (QED) is 0.579. The highest BCUT2D eigenvalue weighted by molar-refractivity contribution is 5.35. The Hall–Kier alpha value is -1.67. The first-order chi connectivity index (χ1) is 7.79. The standard InChI is InChI=1S/C12H12FNO2/c13-11-6-9(7-14-8-15)4-5-12(11)16-10-2-1-3-10/h4-6,10H,1-3,7H2. The van der Waals surface area contributed by atoms with Crippen molar-refractivity contribution in [2.24, 2.45) is 4.99 Å². The second-order valence-electron chi connectivity index (χ2n) is 3.84. The predicted octanol–water partition coefficient (Wildman–Crippen LogP) is 2.59. The molecule has 1 aliphatic carbocycles. The smallest absolute Gasteiger partial charge is 0.235 e. The summed E-state index contributed by atoms with van der Waals surface area (Å²) in [6, 6.07) is 4.63. The van der Waals surface area contributed by atoms with Crippen LogP contribution in [0.2, 0.25) is 0 Å². The number of hydrogen-bond donors (Lipinski definition) is 0. The molecule has 0 atom stereocenters. The first kappa shape index (κ1) is 10.8. The van der Waals surface area contributed by atoms with Gasteiger partial charge in [-0.05, 0) is 37.0 Å². The van der Waals surface area contributed by atoms with Gasteiger partial charge in [-0.25, -0.2) is 14.2 Å². The molecule has 0 aliphatic heterocycles. The van der Waals surface area contributed by atoms with Crippen LogP contribution in [0.4, 0.5) is 4.39 Å². The third kappa shape index (κ3) is 2.47. The van der Waals surface area contributed by atoms with Crippen molar-refractivity contribution in [2.75, 3.05) is 0 Å². The summed E-state index contributed by atoms with van der Waals surface area (Å²) in [6.45, 7) is 0.157. The van der Waals surface area contributed by atoms with Gasteiger partial charge in [-0.3, -0.25) is 0 Å². The van der Waals surface area contributed by atoms with Crippen molar-refractivity contribution in [1.29, 1.82) is 0 Å². The van der Waals surface area contributed by atoms with Gasteiger partial charge in [0.2, 0.25) is 6.08 Å². The minimum absolute atomic E-state index is 0.157. The number of benzene rings is 1. The third-order valence-electron chi connectivity index (χ3n) is 2.67. The molecule has 0 spiro atoms. The number of hydrogen-bond acceptors (Lipinski definition) is 3. The molecule has 1 aromatic carbocycles. The van der Waals surface area contributed by atoms with Crippen molar-refractivity contribution in [2.45, 2.75) is 31.9 Å². The Kier molecular flexibility index (Phi) is 3.32. The molecular formula is C12H12FNO2. The molecule has 1 aliphatic rings. The van der Waals surface area contributed by atoms with Gasteiger partial charge in [-0.2, -0.15) is 0 Å². The van der Waals surface area contributed by atoms with E-state index in [-0.39, 0.29) is 18.4 Å². The Bertz CT molecular complexity index is 423. The lowest BCUT2D eigenvalue weighted by Crippen LogP contribution is -2.24. The number of ether oxygens (including phenoxy) is 1. The summed E-state index contributed by atoms with van der Waals surface area (Å²) in [5.74, 6) is -0.117. The summed E-state index contributed by atoms with van der Waals surface area (Å²) in [5, 5.41) is 0. The number of nitrogens with zero attached hydrogens (tertiary/aromatic N) is 1. The first-order valence-corrected chi connectivity index (χ1v) is 5.28. The molecule has 3 nitrogen and oxygen atoms in total. The first-order valence-electron chi connectivity index (χ1n) is 5.28. The topological polar surface area (TPSA) is 38.7 Å². The molecule has 0 bridgehead atoms. The maximum absolute atomic E-state index is 13.5. The Balaban J connectivity index is 2.05. The largest absolute Gasteiger partial charge is 0.487 e. The average Bonchev–Trinajstić information content (AvgIpc) is 2.22. The second kappa shape index (κ2) is 4.90. The Labute approximate surface area is 93.0 Å². The van der Waals surface area contributed by atoms with Gasteiger partial charge in [-0.15, -0.1) is 0 Å². The zero-order chi connectivity index (χ0) is 11.4. The lowest BCUT2D eigenvalue weighted by molar-refractivity contribution is 0.115. The van der Waals surface area contributed by atoms with Gasteiger partial charge in [0.25, 0.3) is 0 Å². The van der Waals surface area contributed by atoms with Crippen molar-refractivity contribution in [1.82, 2.24) is 0 Å². The van der Waals surface area contributed by atoms with Crippen LogP contribution in [0.15, 0.2) is 23.2 Å². The molecular weight excluding hydrogens is 209 g/mol. The fourth-order valence-electron chi connectivity index (χ4n) is 1.53. The van der Waals surface area contributed by atoms with E-state index in [0.717, 1.165) is 19.3 Å². The van der Waals surface area contributed by atoms with E-state index < -0.39 is 5.82 Å². The summed E-state index contributed by atoms with van der Waals surface area (Å²) in [4.78, 5) is 13.3. The number of isocyanates is 1. The molecule has 0 N–H and O–H groups in total. The van der Waals surface area contributed by atoms with Crippen LogP contribution in [-0.2, 0) is 11.3 Å². The van der Waals surface area contributed by atoms with Crippen molar-refractivity contribution in [3.63, 3.8) is 0 Å². The highest BCUT2D eigenvalue weighted by atomic mass is 19.1.